The minimum Gasteiger partial charge on any atom is -0.493 e. The summed E-state index contributed by atoms with van der Waals surface area (Å²) in [7, 11) is 5.15. The third-order valence-corrected chi connectivity index (χ3v) is 5.37. The van der Waals surface area contributed by atoms with Gasteiger partial charge >= 0.3 is 6.03 Å². The number of benzene rings is 1. The van der Waals surface area contributed by atoms with Gasteiger partial charge in [0.15, 0.2) is 17.5 Å². The van der Waals surface area contributed by atoms with Crippen molar-refractivity contribution >= 4 is 11.9 Å². The predicted molar refractivity (Wildman–Crippen MR) is 103 cm³/mol. The van der Waals surface area contributed by atoms with Gasteiger partial charge in [-0.15, -0.1) is 0 Å². The van der Waals surface area contributed by atoms with Crippen molar-refractivity contribution in [3.05, 3.63) is 23.3 Å². The summed E-state index contributed by atoms with van der Waals surface area (Å²) < 4.78 is 10.7. The second kappa shape index (κ2) is 9.60. The summed E-state index contributed by atoms with van der Waals surface area (Å²) in [5.41, 5.74) is 2.14. The van der Waals surface area contributed by atoms with Gasteiger partial charge in [-0.2, -0.15) is 0 Å². The SMILES string of the molecule is COc1cc(C)c(C[NH+](C)[C@H](C)C(=O)NC(=O)NC2CCCC2)cc1OC. The van der Waals surface area contributed by atoms with E-state index in [1.165, 1.54) is 0 Å². The van der Waals surface area contributed by atoms with Gasteiger partial charge in [0.2, 0.25) is 0 Å². The number of carbonyl (C=O) groups excluding carboxylic acids is 2. The van der Waals surface area contributed by atoms with E-state index in [0.717, 1.165) is 41.7 Å². The average molecular weight is 378 g/mol. The lowest BCUT2D eigenvalue weighted by Crippen LogP contribution is -3.12. The summed E-state index contributed by atoms with van der Waals surface area (Å²) in [5.74, 6) is 1.07. The normalized spacial score (nSPS) is 16.5. The van der Waals surface area contributed by atoms with Crippen LogP contribution >= 0.6 is 0 Å². The van der Waals surface area contributed by atoms with Gasteiger partial charge < -0.3 is 19.7 Å². The molecular weight excluding hydrogens is 346 g/mol. The van der Waals surface area contributed by atoms with E-state index in [0.29, 0.717) is 18.0 Å². The molecule has 3 amide bonds. The Kier molecular flexibility index (Phi) is 7.47. The molecular formula is C20H32N3O4+. The van der Waals surface area contributed by atoms with Crippen LogP contribution in [-0.2, 0) is 11.3 Å². The second-order valence-electron chi connectivity index (χ2n) is 7.32. The number of urea groups is 1. The fourth-order valence-electron chi connectivity index (χ4n) is 3.40. The van der Waals surface area contributed by atoms with Crippen LogP contribution in [0.5, 0.6) is 11.5 Å². The van der Waals surface area contributed by atoms with Crippen LogP contribution in [0.1, 0.15) is 43.7 Å². The van der Waals surface area contributed by atoms with Gasteiger partial charge in [-0.1, -0.05) is 12.8 Å². The molecule has 7 nitrogen and oxygen atoms in total. The highest BCUT2D eigenvalue weighted by atomic mass is 16.5. The minimum absolute atomic E-state index is 0.188. The highest BCUT2D eigenvalue weighted by Crippen LogP contribution is 2.29. The van der Waals surface area contributed by atoms with Gasteiger partial charge in [-0.05, 0) is 44.4 Å². The zero-order chi connectivity index (χ0) is 20.0. The fraction of sp³-hybridized carbons (Fsp3) is 0.600. The van der Waals surface area contributed by atoms with E-state index in [2.05, 4.69) is 10.6 Å². The molecule has 27 heavy (non-hydrogen) atoms. The van der Waals surface area contributed by atoms with Gasteiger partial charge in [0.25, 0.3) is 5.91 Å². The number of rotatable bonds is 7. The van der Waals surface area contributed by atoms with Crippen LogP contribution in [0.2, 0.25) is 0 Å². The Morgan fingerprint density at radius 2 is 1.78 bits per heavy atom. The molecule has 1 aliphatic carbocycles. The Hall–Kier alpha value is -2.28. The molecule has 2 atom stereocenters. The summed E-state index contributed by atoms with van der Waals surface area (Å²) in [6, 6.07) is 3.30. The molecule has 1 aromatic carbocycles. The maximum Gasteiger partial charge on any atom is 0.321 e. The Balaban J connectivity index is 1.95. The molecule has 1 unspecified atom stereocenters. The van der Waals surface area contributed by atoms with Crippen molar-refractivity contribution in [1.82, 2.24) is 10.6 Å². The van der Waals surface area contributed by atoms with Gasteiger partial charge in [0.1, 0.15) is 6.54 Å². The number of hydrogen-bond donors (Lipinski definition) is 3. The van der Waals surface area contributed by atoms with Crippen molar-refractivity contribution in [2.45, 2.75) is 58.2 Å². The molecule has 150 valence electrons. The first kappa shape index (κ1) is 21.0. The lowest BCUT2D eigenvalue weighted by molar-refractivity contribution is -0.908. The van der Waals surface area contributed by atoms with Crippen molar-refractivity contribution < 1.29 is 24.0 Å². The van der Waals surface area contributed by atoms with E-state index in [9.17, 15) is 9.59 Å². The van der Waals surface area contributed by atoms with Crippen LogP contribution in [0, 0.1) is 6.92 Å². The van der Waals surface area contributed by atoms with Crippen LogP contribution in [0.4, 0.5) is 4.79 Å². The first-order valence-corrected chi connectivity index (χ1v) is 9.50. The molecule has 0 aliphatic heterocycles. The van der Waals surface area contributed by atoms with E-state index in [1.807, 2.05) is 33.0 Å². The number of aryl methyl sites for hydroxylation is 1. The highest BCUT2D eigenvalue weighted by Gasteiger charge is 2.26. The molecule has 0 heterocycles. The summed E-state index contributed by atoms with van der Waals surface area (Å²) in [6.07, 6.45) is 4.24. The predicted octanol–water partition coefficient (Wildman–Crippen LogP) is 1.18. The summed E-state index contributed by atoms with van der Waals surface area (Å²) in [6.45, 7) is 4.46. The summed E-state index contributed by atoms with van der Waals surface area (Å²) >= 11 is 0. The number of hydrogen-bond acceptors (Lipinski definition) is 4. The maximum absolute atomic E-state index is 12.4. The molecule has 0 bridgehead atoms. The first-order valence-electron chi connectivity index (χ1n) is 9.50. The number of ether oxygens (including phenoxy) is 2. The topological polar surface area (TPSA) is 81.1 Å². The standard InChI is InChI=1S/C20H31N3O4/c1-13-10-17(26-4)18(27-5)11-15(13)12-23(3)14(2)19(24)22-20(25)21-16-8-6-7-9-16/h10-11,14,16H,6-9,12H2,1-5H3,(H2,21,22,24,25)/p+1/t14-/m1/s1. The second-order valence-corrected chi connectivity index (χ2v) is 7.32. The first-order chi connectivity index (χ1) is 12.8. The van der Waals surface area contributed by atoms with E-state index < -0.39 is 6.03 Å². The lowest BCUT2D eigenvalue weighted by atomic mass is 10.1. The summed E-state index contributed by atoms with van der Waals surface area (Å²) in [4.78, 5) is 25.4. The van der Waals surface area contributed by atoms with E-state index >= 15 is 0 Å². The van der Waals surface area contributed by atoms with Crippen LogP contribution in [0.3, 0.4) is 0 Å². The lowest BCUT2D eigenvalue weighted by Gasteiger charge is -2.22. The Labute approximate surface area is 161 Å². The maximum atomic E-state index is 12.4. The van der Waals surface area contributed by atoms with Crippen LogP contribution < -0.4 is 25.0 Å². The van der Waals surface area contributed by atoms with Crippen LogP contribution in [-0.4, -0.2) is 45.3 Å². The van der Waals surface area contributed by atoms with Crippen molar-refractivity contribution in [2.75, 3.05) is 21.3 Å². The van der Waals surface area contributed by atoms with Crippen molar-refractivity contribution in [3.8, 4) is 11.5 Å². The number of likely N-dealkylation sites (N-methyl/N-ethyl adjacent to an activating group) is 1. The Bertz CT molecular complexity index is 671. The Morgan fingerprint density at radius 1 is 1.19 bits per heavy atom. The summed E-state index contributed by atoms with van der Waals surface area (Å²) in [5, 5.41) is 5.35. The van der Waals surface area contributed by atoms with Crippen molar-refractivity contribution in [3.63, 3.8) is 0 Å². The quantitative estimate of drug-likeness (QED) is 0.666. The van der Waals surface area contributed by atoms with E-state index in [4.69, 9.17) is 9.47 Å². The molecule has 0 saturated heterocycles. The largest absolute Gasteiger partial charge is 0.493 e. The number of nitrogens with one attached hydrogen (secondary N) is 3. The molecule has 3 N–H and O–H groups in total. The average Bonchev–Trinajstić information content (AvgIpc) is 3.14. The van der Waals surface area contributed by atoms with Gasteiger partial charge in [0.05, 0.1) is 21.3 Å². The van der Waals surface area contributed by atoms with E-state index in [-0.39, 0.29) is 18.0 Å². The molecule has 7 heteroatoms. The van der Waals surface area contributed by atoms with Crippen LogP contribution in [0.25, 0.3) is 0 Å². The fourth-order valence-corrected chi connectivity index (χ4v) is 3.40. The Morgan fingerprint density at radius 3 is 2.37 bits per heavy atom. The molecule has 0 spiro atoms. The molecule has 1 aromatic rings. The van der Waals surface area contributed by atoms with Crippen molar-refractivity contribution in [2.24, 2.45) is 0 Å². The zero-order valence-electron chi connectivity index (χ0n) is 17.0. The molecule has 1 saturated carbocycles. The van der Waals surface area contributed by atoms with Crippen molar-refractivity contribution in [1.29, 1.82) is 0 Å². The smallest absolute Gasteiger partial charge is 0.321 e. The molecule has 2 rings (SSSR count). The highest BCUT2D eigenvalue weighted by molar-refractivity contribution is 5.96. The zero-order valence-corrected chi connectivity index (χ0v) is 17.0. The van der Waals surface area contributed by atoms with Gasteiger partial charge in [-0.25, -0.2) is 4.79 Å². The van der Waals surface area contributed by atoms with Gasteiger partial charge in [-0.3, -0.25) is 10.1 Å². The molecule has 1 aliphatic rings. The molecule has 0 aromatic heterocycles. The third-order valence-electron chi connectivity index (χ3n) is 5.37. The third kappa shape index (κ3) is 5.60. The van der Waals surface area contributed by atoms with E-state index in [1.54, 1.807) is 14.2 Å². The number of methoxy groups -OCH3 is 2. The van der Waals surface area contributed by atoms with Gasteiger partial charge in [0, 0.05) is 11.6 Å². The minimum atomic E-state index is -0.395. The number of quaternary nitrogens is 1. The van der Waals surface area contributed by atoms with Crippen LogP contribution in [0.15, 0.2) is 12.1 Å². The number of carbonyl (C=O) groups is 2. The monoisotopic (exact) mass is 378 g/mol. The number of imide groups is 1. The molecule has 0 radical (unpaired) electrons. The number of amides is 3. The molecule has 1 fully saturated rings.